The molecule has 0 radical (unpaired) electrons. The Kier molecular flexibility index (Phi) is 6.31. The van der Waals surface area contributed by atoms with Gasteiger partial charge in [0.2, 0.25) is 5.91 Å². The van der Waals surface area contributed by atoms with Crippen LogP contribution in [0.25, 0.3) is 0 Å². The number of likely N-dealkylation sites (N-methyl/N-ethyl adjacent to an activating group) is 1. The van der Waals surface area contributed by atoms with Crippen LogP contribution in [0.4, 0.5) is 5.69 Å². The summed E-state index contributed by atoms with van der Waals surface area (Å²) >= 11 is 0. The second-order valence-corrected chi connectivity index (χ2v) is 7.17. The highest BCUT2D eigenvalue weighted by atomic mass is 16.5. The Labute approximate surface area is 166 Å². The summed E-state index contributed by atoms with van der Waals surface area (Å²) in [5, 5.41) is 3.02. The maximum atomic E-state index is 12.7. The van der Waals surface area contributed by atoms with Crippen LogP contribution in [0.1, 0.15) is 34.8 Å². The SMILES string of the molecule is COc1cccc([C@H](CNC(=O)c2cccc(N3CCCC3=O)c2)N(C)C)c1. The molecule has 6 nitrogen and oxygen atoms in total. The van der Waals surface area contributed by atoms with Crippen LogP contribution < -0.4 is 15.0 Å². The lowest BCUT2D eigenvalue weighted by Gasteiger charge is -2.25. The van der Waals surface area contributed by atoms with Crippen molar-refractivity contribution in [3.8, 4) is 5.75 Å². The summed E-state index contributed by atoms with van der Waals surface area (Å²) in [6.07, 6.45) is 1.43. The van der Waals surface area contributed by atoms with Crippen LogP contribution in [0.5, 0.6) is 5.75 Å². The van der Waals surface area contributed by atoms with Crippen LogP contribution in [0.15, 0.2) is 48.5 Å². The van der Waals surface area contributed by atoms with Gasteiger partial charge in [-0.1, -0.05) is 18.2 Å². The Morgan fingerprint density at radius 1 is 1.21 bits per heavy atom. The Balaban J connectivity index is 1.70. The van der Waals surface area contributed by atoms with E-state index in [-0.39, 0.29) is 17.9 Å². The monoisotopic (exact) mass is 381 g/mol. The molecular weight excluding hydrogens is 354 g/mol. The lowest BCUT2D eigenvalue weighted by molar-refractivity contribution is -0.117. The van der Waals surface area contributed by atoms with Crippen molar-refractivity contribution in [2.45, 2.75) is 18.9 Å². The number of nitrogens with zero attached hydrogens (tertiary/aromatic N) is 2. The lowest BCUT2D eigenvalue weighted by atomic mass is 10.1. The normalized spacial score (nSPS) is 15.0. The number of ether oxygens (including phenoxy) is 1. The van der Waals surface area contributed by atoms with Crippen LogP contribution in [-0.2, 0) is 4.79 Å². The quantitative estimate of drug-likeness (QED) is 0.801. The average Bonchev–Trinajstić information content (AvgIpc) is 3.14. The predicted molar refractivity (Wildman–Crippen MR) is 110 cm³/mol. The smallest absolute Gasteiger partial charge is 0.251 e. The molecule has 2 aromatic carbocycles. The van der Waals surface area contributed by atoms with Crippen LogP contribution in [0, 0.1) is 0 Å². The van der Waals surface area contributed by atoms with E-state index in [1.54, 1.807) is 24.1 Å². The maximum absolute atomic E-state index is 12.7. The number of carbonyl (C=O) groups is 2. The van der Waals surface area contributed by atoms with Gasteiger partial charge in [-0.3, -0.25) is 9.59 Å². The van der Waals surface area contributed by atoms with Crippen molar-refractivity contribution in [1.82, 2.24) is 10.2 Å². The van der Waals surface area contributed by atoms with Crippen LogP contribution in [0.2, 0.25) is 0 Å². The number of benzene rings is 2. The molecule has 1 saturated heterocycles. The van der Waals surface area contributed by atoms with Crippen molar-refractivity contribution in [3.05, 3.63) is 59.7 Å². The summed E-state index contributed by atoms with van der Waals surface area (Å²) in [6.45, 7) is 1.17. The first-order valence-electron chi connectivity index (χ1n) is 9.48. The fraction of sp³-hybridized carbons (Fsp3) is 0.364. The Morgan fingerprint density at radius 3 is 2.68 bits per heavy atom. The Hall–Kier alpha value is -2.86. The molecule has 0 aliphatic carbocycles. The second-order valence-electron chi connectivity index (χ2n) is 7.17. The van der Waals surface area contributed by atoms with E-state index >= 15 is 0 Å². The van der Waals surface area contributed by atoms with E-state index in [4.69, 9.17) is 4.74 Å². The minimum absolute atomic E-state index is 0.0161. The third kappa shape index (κ3) is 4.51. The molecule has 1 fully saturated rings. The fourth-order valence-corrected chi connectivity index (χ4v) is 3.47. The summed E-state index contributed by atoms with van der Waals surface area (Å²) in [5.41, 5.74) is 2.41. The highest BCUT2D eigenvalue weighted by Crippen LogP contribution is 2.24. The zero-order valence-electron chi connectivity index (χ0n) is 16.6. The Bertz CT molecular complexity index is 850. The number of methoxy groups -OCH3 is 1. The number of nitrogens with one attached hydrogen (secondary N) is 1. The highest BCUT2D eigenvalue weighted by molar-refractivity contribution is 5.99. The summed E-state index contributed by atoms with van der Waals surface area (Å²) in [7, 11) is 5.61. The zero-order chi connectivity index (χ0) is 20.1. The molecular formula is C22H27N3O3. The van der Waals surface area contributed by atoms with Crippen LogP contribution >= 0.6 is 0 Å². The summed E-state index contributed by atoms with van der Waals surface area (Å²) < 4.78 is 5.31. The number of hydrogen-bond donors (Lipinski definition) is 1. The van der Waals surface area contributed by atoms with Gasteiger partial charge in [0.05, 0.1) is 13.2 Å². The highest BCUT2D eigenvalue weighted by Gasteiger charge is 2.22. The second kappa shape index (κ2) is 8.89. The number of amides is 2. The molecule has 1 aliphatic heterocycles. The van der Waals surface area contributed by atoms with E-state index in [1.165, 1.54) is 0 Å². The van der Waals surface area contributed by atoms with Crippen molar-refractivity contribution in [2.75, 3.05) is 39.2 Å². The van der Waals surface area contributed by atoms with Gasteiger partial charge in [-0.2, -0.15) is 0 Å². The molecule has 148 valence electrons. The predicted octanol–water partition coefficient (Wildman–Crippen LogP) is 2.85. The largest absolute Gasteiger partial charge is 0.497 e. The van der Waals surface area contributed by atoms with Gasteiger partial charge >= 0.3 is 0 Å². The van der Waals surface area contributed by atoms with Gasteiger partial charge < -0.3 is 19.9 Å². The lowest BCUT2D eigenvalue weighted by Crippen LogP contribution is -2.34. The molecule has 1 N–H and O–H groups in total. The maximum Gasteiger partial charge on any atom is 0.251 e. The van der Waals surface area contributed by atoms with Gasteiger partial charge in [0.1, 0.15) is 5.75 Å². The van der Waals surface area contributed by atoms with E-state index < -0.39 is 0 Å². The molecule has 2 amide bonds. The number of hydrogen-bond acceptors (Lipinski definition) is 4. The van der Waals surface area contributed by atoms with Gasteiger partial charge in [0.25, 0.3) is 5.91 Å². The minimum Gasteiger partial charge on any atom is -0.497 e. The van der Waals surface area contributed by atoms with Crippen molar-refractivity contribution in [2.24, 2.45) is 0 Å². The molecule has 6 heteroatoms. The van der Waals surface area contributed by atoms with Gasteiger partial charge in [-0.15, -0.1) is 0 Å². The van der Waals surface area contributed by atoms with Crippen molar-refractivity contribution in [1.29, 1.82) is 0 Å². The fourth-order valence-electron chi connectivity index (χ4n) is 3.47. The average molecular weight is 381 g/mol. The molecule has 0 unspecified atom stereocenters. The van der Waals surface area contributed by atoms with Gasteiger partial charge in [0, 0.05) is 30.8 Å². The van der Waals surface area contributed by atoms with Gasteiger partial charge in [0.15, 0.2) is 0 Å². The first-order chi connectivity index (χ1) is 13.5. The van der Waals surface area contributed by atoms with E-state index in [1.807, 2.05) is 50.5 Å². The van der Waals surface area contributed by atoms with E-state index in [2.05, 4.69) is 10.2 Å². The first-order valence-corrected chi connectivity index (χ1v) is 9.48. The van der Waals surface area contributed by atoms with Crippen LogP contribution in [0.3, 0.4) is 0 Å². The van der Waals surface area contributed by atoms with Crippen molar-refractivity contribution >= 4 is 17.5 Å². The van der Waals surface area contributed by atoms with Crippen molar-refractivity contribution in [3.63, 3.8) is 0 Å². The topological polar surface area (TPSA) is 61.9 Å². The first kappa shape index (κ1) is 19.9. The molecule has 1 aliphatic rings. The van der Waals surface area contributed by atoms with E-state index in [9.17, 15) is 9.59 Å². The summed E-state index contributed by atoms with van der Waals surface area (Å²) in [4.78, 5) is 28.5. The van der Waals surface area contributed by atoms with Gasteiger partial charge in [-0.05, 0) is 56.4 Å². The molecule has 0 aromatic heterocycles. The molecule has 1 atom stereocenters. The number of carbonyl (C=O) groups excluding carboxylic acids is 2. The third-order valence-corrected chi connectivity index (χ3v) is 5.05. The minimum atomic E-state index is -0.150. The molecule has 2 aromatic rings. The van der Waals surface area contributed by atoms with Gasteiger partial charge in [-0.25, -0.2) is 0 Å². The summed E-state index contributed by atoms with van der Waals surface area (Å²) in [5.74, 6) is 0.755. The molecule has 28 heavy (non-hydrogen) atoms. The zero-order valence-corrected chi connectivity index (χ0v) is 16.6. The number of rotatable bonds is 7. The third-order valence-electron chi connectivity index (χ3n) is 5.05. The molecule has 1 heterocycles. The molecule has 0 bridgehead atoms. The standard InChI is InChI=1S/C22H27N3O3/c1-24(2)20(16-7-5-10-19(14-16)28-3)15-23-22(27)17-8-4-9-18(13-17)25-12-6-11-21(25)26/h4-5,7-10,13-14,20H,6,11-12,15H2,1-3H3,(H,23,27)/t20-/m0/s1. The van der Waals surface area contributed by atoms with E-state index in [0.717, 1.165) is 23.4 Å². The van der Waals surface area contributed by atoms with Crippen LogP contribution in [-0.4, -0.2) is 51.0 Å². The molecule has 0 spiro atoms. The number of anilines is 1. The Morgan fingerprint density at radius 2 is 2.00 bits per heavy atom. The summed E-state index contributed by atoms with van der Waals surface area (Å²) in [6, 6.07) is 15.1. The molecule has 3 rings (SSSR count). The van der Waals surface area contributed by atoms with Crippen molar-refractivity contribution < 1.29 is 14.3 Å². The molecule has 0 saturated carbocycles. The van der Waals surface area contributed by atoms with E-state index in [0.29, 0.717) is 25.1 Å².